The summed E-state index contributed by atoms with van der Waals surface area (Å²) in [4.78, 5) is 24.6. The topological polar surface area (TPSA) is 239 Å². The summed E-state index contributed by atoms with van der Waals surface area (Å²) in [5.74, 6) is -5.69. The van der Waals surface area contributed by atoms with Crippen LogP contribution >= 0.6 is 0 Å². The van der Waals surface area contributed by atoms with Gasteiger partial charge in [-0.1, -0.05) is 61.6 Å². The number of esters is 1. The minimum atomic E-state index is -2.18. The molecule has 0 radical (unpaired) electrons. The molecule has 2 fully saturated rings. The number of hydrogen-bond donors (Lipinski definition) is 8. The van der Waals surface area contributed by atoms with E-state index in [-0.39, 0.29) is 25.2 Å². The molecule has 14 nitrogen and oxygen atoms in total. The van der Waals surface area contributed by atoms with Crippen molar-refractivity contribution >= 4 is 11.9 Å². The second-order valence-corrected chi connectivity index (χ2v) is 13.1. The number of nitrogens with two attached hydrogens (primary N) is 1. The first kappa shape index (κ1) is 40.7. The van der Waals surface area contributed by atoms with Crippen LogP contribution in [0.3, 0.4) is 0 Å². The number of aliphatic hydroxyl groups excluding tert-OH is 5. The van der Waals surface area contributed by atoms with E-state index in [4.69, 9.17) is 24.7 Å². The molecule has 14 unspecified atom stereocenters. The number of fused-ring (bicyclic) bond motifs is 2. The van der Waals surface area contributed by atoms with Gasteiger partial charge in [0.2, 0.25) is 0 Å². The molecule has 49 heavy (non-hydrogen) atoms. The molecule has 276 valence electrons. The standard InChI is InChI=1S/C35H53NO13/c1-4-22-12-9-7-5-6-8-10-14-25(48-34-32(42)30(36)31(41)21(3)47-34)17-27-29(33(43)44)26(39)19-35(45,49-27)18-24(38)16-23(37)13-11-15-28(40)46-20(22)2/h5-12,14-15,20-27,29-32,34,37-39,41-42,45H,4,13,16-19,36H2,1-3H3,(H,43,44). The molecule has 0 saturated carbocycles. The first-order chi connectivity index (χ1) is 23.1. The molecule has 9 N–H and O–H groups in total. The quantitative estimate of drug-likeness (QED) is 0.189. The summed E-state index contributed by atoms with van der Waals surface area (Å²) in [7, 11) is 0. The maximum absolute atomic E-state index is 12.3. The fraction of sp³-hybridized carbons (Fsp3) is 0.657. The van der Waals surface area contributed by atoms with Gasteiger partial charge < -0.3 is 60.4 Å². The third-order valence-electron chi connectivity index (χ3n) is 9.05. The molecule has 0 aromatic carbocycles. The molecule has 3 rings (SSSR count). The largest absolute Gasteiger partial charge is 0.481 e. The lowest BCUT2D eigenvalue weighted by molar-refractivity contribution is -0.308. The van der Waals surface area contributed by atoms with E-state index in [1.807, 2.05) is 19.1 Å². The Morgan fingerprint density at radius 1 is 0.939 bits per heavy atom. The van der Waals surface area contributed by atoms with Crippen molar-refractivity contribution in [3.8, 4) is 0 Å². The summed E-state index contributed by atoms with van der Waals surface area (Å²) in [5.41, 5.74) is 5.98. The highest BCUT2D eigenvalue weighted by molar-refractivity contribution is 5.82. The van der Waals surface area contributed by atoms with E-state index in [9.17, 15) is 45.3 Å². The Balaban J connectivity index is 1.93. The van der Waals surface area contributed by atoms with E-state index in [1.165, 1.54) is 12.2 Å². The molecule has 14 atom stereocenters. The number of cyclic esters (lactones) is 1. The number of carboxylic acid groups (broad SMARTS) is 1. The Labute approximate surface area is 286 Å². The fourth-order valence-corrected chi connectivity index (χ4v) is 6.29. The third kappa shape index (κ3) is 12.2. The Morgan fingerprint density at radius 2 is 1.59 bits per heavy atom. The minimum Gasteiger partial charge on any atom is -0.481 e. The van der Waals surface area contributed by atoms with Crippen LogP contribution in [0.25, 0.3) is 0 Å². The molecule has 3 aliphatic rings. The van der Waals surface area contributed by atoms with Gasteiger partial charge in [0.05, 0.1) is 48.8 Å². The lowest BCUT2D eigenvalue weighted by Gasteiger charge is -2.45. The van der Waals surface area contributed by atoms with E-state index in [0.717, 1.165) is 6.42 Å². The number of hydrogen-bond acceptors (Lipinski definition) is 13. The number of carbonyl (C=O) groups is 2. The highest BCUT2D eigenvalue weighted by atomic mass is 16.7. The average Bonchev–Trinajstić information content (AvgIpc) is 3.00. The van der Waals surface area contributed by atoms with Gasteiger partial charge in [-0.2, -0.15) is 0 Å². The number of carboxylic acids is 1. The predicted molar refractivity (Wildman–Crippen MR) is 176 cm³/mol. The van der Waals surface area contributed by atoms with Crippen LogP contribution in [-0.2, 0) is 28.5 Å². The molecule has 0 amide bonds. The molecule has 0 spiro atoms. The normalized spacial score (nSPS) is 41.9. The van der Waals surface area contributed by atoms with E-state index in [1.54, 1.807) is 50.3 Å². The van der Waals surface area contributed by atoms with Crippen LogP contribution in [0.15, 0.2) is 60.8 Å². The van der Waals surface area contributed by atoms with Crippen LogP contribution in [0.5, 0.6) is 0 Å². The molecule has 2 bridgehead atoms. The lowest BCUT2D eigenvalue weighted by atomic mass is 9.83. The van der Waals surface area contributed by atoms with Gasteiger partial charge in [0.15, 0.2) is 12.1 Å². The second kappa shape index (κ2) is 19.0. The molecule has 0 aliphatic carbocycles. The number of carbonyl (C=O) groups excluding carboxylic acids is 1. The molecular formula is C35H53NO13. The van der Waals surface area contributed by atoms with E-state index >= 15 is 0 Å². The zero-order valence-corrected chi connectivity index (χ0v) is 28.2. The number of allylic oxidation sites excluding steroid dienone is 6. The summed E-state index contributed by atoms with van der Waals surface area (Å²) >= 11 is 0. The van der Waals surface area contributed by atoms with Crippen molar-refractivity contribution in [2.45, 2.75) is 132 Å². The Bertz CT molecular complexity index is 1220. The van der Waals surface area contributed by atoms with E-state index in [2.05, 4.69) is 0 Å². The van der Waals surface area contributed by atoms with E-state index < -0.39 is 104 Å². The van der Waals surface area contributed by atoms with E-state index in [0.29, 0.717) is 0 Å². The molecule has 3 heterocycles. The monoisotopic (exact) mass is 695 g/mol. The van der Waals surface area contributed by atoms with Crippen LogP contribution in [-0.4, -0.2) is 121 Å². The van der Waals surface area contributed by atoms with Crippen molar-refractivity contribution in [2.24, 2.45) is 17.6 Å². The number of aliphatic carboxylic acids is 1. The number of aliphatic hydroxyl groups is 6. The Hall–Kier alpha value is -2.76. The van der Waals surface area contributed by atoms with Crippen LogP contribution in [0, 0.1) is 11.8 Å². The zero-order valence-electron chi connectivity index (χ0n) is 28.2. The van der Waals surface area contributed by atoms with Gasteiger partial charge in [0.1, 0.15) is 18.1 Å². The molecule has 3 aliphatic heterocycles. The summed E-state index contributed by atoms with van der Waals surface area (Å²) in [6.45, 7) is 5.32. The van der Waals surface area contributed by atoms with Crippen molar-refractivity contribution in [3.05, 3.63) is 60.8 Å². The average molecular weight is 696 g/mol. The van der Waals surface area contributed by atoms with Crippen molar-refractivity contribution in [2.75, 3.05) is 0 Å². The van der Waals surface area contributed by atoms with Crippen molar-refractivity contribution in [3.63, 3.8) is 0 Å². The van der Waals surface area contributed by atoms with Gasteiger partial charge in [-0.3, -0.25) is 4.79 Å². The van der Waals surface area contributed by atoms with Gasteiger partial charge in [-0.15, -0.1) is 0 Å². The summed E-state index contributed by atoms with van der Waals surface area (Å²) in [5, 5.41) is 74.4. The van der Waals surface area contributed by atoms with Crippen LogP contribution in [0.1, 0.15) is 59.3 Å². The molecular weight excluding hydrogens is 642 g/mol. The van der Waals surface area contributed by atoms with Crippen molar-refractivity contribution < 1.29 is 64.3 Å². The highest BCUT2D eigenvalue weighted by Gasteiger charge is 2.50. The zero-order chi connectivity index (χ0) is 36.3. The van der Waals surface area contributed by atoms with Crippen LogP contribution in [0.2, 0.25) is 0 Å². The Morgan fingerprint density at radius 3 is 2.24 bits per heavy atom. The minimum absolute atomic E-state index is 0.00132. The molecule has 0 aromatic heterocycles. The maximum atomic E-state index is 12.3. The fourth-order valence-electron chi connectivity index (χ4n) is 6.29. The second-order valence-electron chi connectivity index (χ2n) is 13.1. The van der Waals surface area contributed by atoms with Crippen LogP contribution in [0.4, 0.5) is 0 Å². The van der Waals surface area contributed by atoms with Crippen molar-refractivity contribution in [1.82, 2.24) is 0 Å². The smallest absolute Gasteiger partial charge is 0.330 e. The van der Waals surface area contributed by atoms with Gasteiger partial charge >= 0.3 is 11.9 Å². The number of rotatable bonds is 4. The van der Waals surface area contributed by atoms with Gasteiger partial charge in [-0.25, -0.2) is 4.79 Å². The predicted octanol–water partition coefficient (Wildman–Crippen LogP) is 0.739. The van der Waals surface area contributed by atoms with Gasteiger partial charge in [-0.05, 0) is 33.1 Å². The third-order valence-corrected chi connectivity index (χ3v) is 9.05. The molecule has 14 heteroatoms. The summed E-state index contributed by atoms with van der Waals surface area (Å²) < 4.78 is 23.1. The molecule has 0 aromatic rings. The molecule has 2 saturated heterocycles. The maximum Gasteiger partial charge on any atom is 0.330 e. The summed E-state index contributed by atoms with van der Waals surface area (Å²) in [6.07, 6.45) is 4.26. The van der Waals surface area contributed by atoms with Gasteiger partial charge in [0.25, 0.3) is 0 Å². The highest BCUT2D eigenvalue weighted by Crippen LogP contribution is 2.38. The van der Waals surface area contributed by atoms with Gasteiger partial charge in [0, 0.05) is 31.3 Å². The summed E-state index contributed by atoms with van der Waals surface area (Å²) in [6, 6.07) is -1.09. The first-order valence-electron chi connectivity index (χ1n) is 16.8. The van der Waals surface area contributed by atoms with Crippen LogP contribution < -0.4 is 5.73 Å². The van der Waals surface area contributed by atoms with Crippen molar-refractivity contribution in [1.29, 1.82) is 0 Å². The number of ether oxygens (including phenoxy) is 4. The Kier molecular flexibility index (Phi) is 15.8. The first-order valence-corrected chi connectivity index (χ1v) is 16.8. The lowest BCUT2D eigenvalue weighted by Crippen LogP contribution is -2.61. The SMILES string of the molecule is CCC1C=CC=CC=CC=CC(OC2OC(C)C(O)C(N)C2O)CC2OC(O)(CC(O)CC(O)CC=CC(=O)OC1C)CC(O)C2C(=O)O.